The van der Waals surface area contributed by atoms with Gasteiger partial charge in [-0.1, -0.05) is 25.0 Å². The smallest absolute Gasteiger partial charge is 0.308 e. The van der Waals surface area contributed by atoms with Crippen LogP contribution in [-0.4, -0.2) is 32.1 Å². The van der Waals surface area contributed by atoms with Crippen molar-refractivity contribution in [1.29, 1.82) is 0 Å². The molecule has 126 valence electrons. The highest BCUT2D eigenvalue weighted by molar-refractivity contribution is 5.97. The minimum absolute atomic E-state index is 0.219. The Labute approximate surface area is 139 Å². The highest BCUT2D eigenvalue weighted by Crippen LogP contribution is 2.29. The Balaban J connectivity index is 1.68. The Bertz CT molecular complexity index is 737. The summed E-state index contributed by atoms with van der Waals surface area (Å²) in [6.07, 6.45) is 4.46. The number of esters is 1. The summed E-state index contributed by atoms with van der Waals surface area (Å²) in [7, 11) is 0. The van der Waals surface area contributed by atoms with E-state index in [1.807, 2.05) is 0 Å². The van der Waals surface area contributed by atoms with E-state index in [1.165, 1.54) is 19.8 Å². The van der Waals surface area contributed by atoms with Gasteiger partial charge in [-0.2, -0.15) is 0 Å². The Morgan fingerprint density at radius 1 is 1.29 bits per heavy atom. The maximum absolute atomic E-state index is 12.4. The van der Waals surface area contributed by atoms with Gasteiger partial charge in [-0.15, -0.1) is 5.10 Å². The van der Waals surface area contributed by atoms with Gasteiger partial charge in [0.1, 0.15) is 5.75 Å². The second kappa shape index (κ2) is 7.20. The molecule has 0 bridgehead atoms. The van der Waals surface area contributed by atoms with Crippen LogP contribution < -0.4 is 10.1 Å². The van der Waals surface area contributed by atoms with Crippen LogP contribution in [0.2, 0.25) is 0 Å². The van der Waals surface area contributed by atoms with Crippen LogP contribution >= 0.6 is 0 Å². The standard InChI is InChI=1S/C16H19N5O3/c1-11(22)24-14-9-5-4-8-13(14)16(23)17-10-15-18-19-20-21(15)12-6-2-3-7-12/h4-5,8-9,12H,2-3,6-7,10H2,1H3,(H,17,23). The zero-order valence-electron chi connectivity index (χ0n) is 13.4. The van der Waals surface area contributed by atoms with Gasteiger partial charge in [-0.05, 0) is 35.4 Å². The number of carbonyl (C=O) groups excluding carboxylic acids is 2. The molecule has 8 heteroatoms. The number of amides is 1. The van der Waals surface area contributed by atoms with Crippen LogP contribution in [0.15, 0.2) is 24.3 Å². The van der Waals surface area contributed by atoms with Gasteiger partial charge in [-0.3, -0.25) is 9.59 Å². The van der Waals surface area contributed by atoms with Gasteiger partial charge < -0.3 is 10.1 Å². The van der Waals surface area contributed by atoms with Crippen molar-refractivity contribution in [3.8, 4) is 5.75 Å². The van der Waals surface area contributed by atoms with Gasteiger partial charge >= 0.3 is 5.97 Å². The zero-order chi connectivity index (χ0) is 16.9. The van der Waals surface area contributed by atoms with E-state index in [-0.39, 0.29) is 18.2 Å². The number of tetrazole rings is 1. The number of rotatable bonds is 5. The Kier molecular flexibility index (Phi) is 4.83. The van der Waals surface area contributed by atoms with Crippen LogP contribution in [0.25, 0.3) is 0 Å². The van der Waals surface area contributed by atoms with E-state index < -0.39 is 5.97 Å². The molecule has 1 amide bonds. The summed E-state index contributed by atoms with van der Waals surface area (Å²) >= 11 is 0. The fourth-order valence-electron chi connectivity index (χ4n) is 2.91. The predicted molar refractivity (Wildman–Crippen MR) is 84.2 cm³/mol. The maximum atomic E-state index is 12.4. The Morgan fingerprint density at radius 2 is 2.04 bits per heavy atom. The molecule has 0 unspecified atom stereocenters. The Hall–Kier alpha value is -2.77. The molecule has 24 heavy (non-hydrogen) atoms. The topological polar surface area (TPSA) is 99.0 Å². The lowest BCUT2D eigenvalue weighted by molar-refractivity contribution is -0.131. The molecule has 1 saturated carbocycles. The first-order valence-corrected chi connectivity index (χ1v) is 7.97. The third kappa shape index (κ3) is 3.58. The molecular formula is C16H19N5O3. The summed E-state index contributed by atoms with van der Waals surface area (Å²) in [5.41, 5.74) is 0.299. The first-order chi connectivity index (χ1) is 11.6. The van der Waals surface area contributed by atoms with Crippen molar-refractivity contribution in [3.63, 3.8) is 0 Å². The van der Waals surface area contributed by atoms with Gasteiger partial charge in [-0.25, -0.2) is 4.68 Å². The molecule has 0 atom stereocenters. The van der Waals surface area contributed by atoms with Crippen molar-refractivity contribution in [2.45, 2.75) is 45.2 Å². The van der Waals surface area contributed by atoms with E-state index in [4.69, 9.17) is 4.74 Å². The van der Waals surface area contributed by atoms with E-state index in [2.05, 4.69) is 20.8 Å². The molecule has 8 nitrogen and oxygen atoms in total. The monoisotopic (exact) mass is 329 g/mol. The number of nitrogens with zero attached hydrogens (tertiary/aromatic N) is 4. The zero-order valence-corrected chi connectivity index (χ0v) is 13.4. The average molecular weight is 329 g/mol. The molecule has 2 aromatic rings. The predicted octanol–water partition coefficient (Wildman–Crippen LogP) is 1.64. The van der Waals surface area contributed by atoms with Crippen LogP contribution in [0, 0.1) is 0 Å². The van der Waals surface area contributed by atoms with Gasteiger partial charge in [0.15, 0.2) is 5.82 Å². The molecule has 1 heterocycles. The lowest BCUT2D eigenvalue weighted by atomic mass is 10.2. The van der Waals surface area contributed by atoms with E-state index >= 15 is 0 Å². The van der Waals surface area contributed by atoms with Gasteiger partial charge in [0, 0.05) is 6.92 Å². The Morgan fingerprint density at radius 3 is 2.79 bits per heavy atom. The quantitative estimate of drug-likeness (QED) is 0.661. The number of nitrogens with one attached hydrogen (secondary N) is 1. The summed E-state index contributed by atoms with van der Waals surface area (Å²) in [5.74, 6) is 0.0475. The van der Waals surface area contributed by atoms with E-state index in [1.54, 1.807) is 28.9 Å². The molecule has 0 aliphatic heterocycles. The van der Waals surface area contributed by atoms with Crippen molar-refractivity contribution in [2.75, 3.05) is 0 Å². The summed E-state index contributed by atoms with van der Waals surface area (Å²) in [6.45, 7) is 1.52. The number of ether oxygens (including phenoxy) is 1. The van der Waals surface area contributed by atoms with Crippen molar-refractivity contribution in [3.05, 3.63) is 35.7 Å². The maximum Gasteiger partial charge on any atom is 0.308 e. The summed E-state index contributed by atoms with van der Waals surface area (Å²) in [4.78, 5) is 23.5. The third-order valence-corrected chi connectivity index (χ3v) is 4.02. The van der Waals surface area contributed by atoms with Gasteiger partial charge in [0.25, 0.3) is 5.91 Å². The average Bonchev–Trinajstić information content (AvgIpc) is 3.23. The third-order valence-electron chi connectivity index (χ3n) is 4.02. The normalized spacial score (nSPS) is 14.5. The highest BCUT2D eigenvalue weighted by Gasteiger charge is 2.22. The van der Waals surface area contributed by atoms with Crippen LogP contribution in [0.4, 0.5) is 0 Å². The molecular weight excluding hydrogens is 310 g/mol. The summed E-state index contributed by atoms with van der Waals surface area (Å²) in [6, 6.07) is 6.91. The molecule has 0 saturated heterocycles. The second-order valence-electron chi connectivity index (χ2n) is 5.75. The van der Waals surface area contributed by atoms with Gasteiger partial charge in [0.05, 0.1) is 18.2 Å². The van der Waals surface area contributed by atoms with E-state index in [0.29, 0.717) is 17.4 Å². The fourth-order valence-corrected chi connectivity index (χ4v) is 2.91. The number of hydrogen-bond donors (Lipinski definition) is 1. The van der Waals surface area contributed by atoms with E-state index in [9.17, 15) is 9.59 Å². The molecule has 1 aromatic carbocycles. The van der Waals surface area contributed by atoms with Crippen LogP contribution in [0.5, 0.6) is 5.75 Å². The molecule has 0 radical (unpaired) electrons. The second-order valence-corrected chi connectivity index (χ2v) is 5.75. The van der Waals surface area contributed by atoms with Crippen LogP contribution in [0.3, 0.4) is 0 Å². The number of aromatic nitrogens is 4. The SMILES string of the molecule is CC(=O)Oc1ccccc1C(=O)NCc1nnnn1C1CCCC1. The number of benzene rings is 1. The molecule has 3 rings (SSSR count). The molecule has 0 spiro atoms. The molecule has 1 aliphatic rings. The lowest BCUT2D eigenvalue weighted by Gasteiger charge is -2.12. The minimum atomic E-state index is -0.472. The number of para-hydroxylation sites is 1. The number of hydrogen-bond acceptors (Lipinski definition) is 6. The van der Waals surface area contributed by atoms with Crippen molar-refractivity contribution >= 4 is 11.9 Å². The highest BCUT2D eigenvalue weighted by atomic mass is 16.5. The lowest BCUT2D eigenvalue weighted by Crippen LogP contribution is -2.26. The van der Waals surface area contributed by atoms with Crippen LogP contribution in [-0.2, 0) is 11.3 Å². The molecule has 1 N–H and O–H groups in total. The van der Waals surface area contributed by atoms with Crippen molar-refractivity contribution < 1.29 is 14.3 Å². The largest absolute Gasteiger partial charge is 0.426 e. The molecule has 1 aromatic heterocycles. The number of carbonyl (C=O) groups is 2. The molecule has 1 aliphatic carbocycles. The van der Waals surface area contributed by atoms with E-state index in [0.717, 1.165) is 12.8 Å². The van der Waals surface area contributed by atoms with Crippen molar-refractivity contribution in [1.82, 2.24) is 25.5 Å². The summed E-state index contributed by atoms with van der Waals surface area (Å²) < 4.78 is 6.86. The summed E-state index contributed by atoms with van der Waals surface area (Å²) in [5, 5.41) is 14.5. The minimum Gasteiger partial charge on any atom is -0.426 e. The molecule has 1 fully saturated rings. The first-order valence-electron chi connectivity index (χ1n) is 7.97. The first kappa shape index (κ1) is 16.1. The van der Waals surface area contributed by atoms with Crippen LogP contribution in [0.1, 0.15) is 54.8 Å². The van der Waals surface area contributed by atoms with Crippen molar-refractivity contribution in [2.24, 2.45) is 0 Å². The van der Waals surface area contributed by atoms with Gasteiger partial charge in [0.2, 0.25) is 0 Å². The fraction of sp³-hybridized carbons (Fsp3) is 0.438.